The molecule has 23 heavy (non-hydrogen) atoms. The molecule has 1 heterocycles. The van der Waals surface area contributed by atoms with E-state index in [2.05, 4.69) is 20.6 Å². The fourth-order valence-electron chi connectivity index (χ4n) is 1.99. The summed E-state index contributed by atoms with van der Waals surface area (Å²) < 4.78 is 15.5. The van der Waals surface area contributed by atoms with Gasteiger partial charge in [-0.15, -0.1) is 0 Å². The third-order valence-corrected chi connectivity index (χ3v) is 3.17. The Kier molecular flexibility index (Phi) is 6.43. The van der Waals surface area contributed by atoms with E-state index in [-0.39, 0.29) is 0 Å². The molecule has 0 spiro atoms. The van der Waals surface area contributed by atoms with E-state index in [9.17, 15) is 0 Å². The van der Waals surface area contributed by atoms with E-state index in [1.165, 1.54) is 0 Å². The van der Waals surface area contributed by atoms with Crippen LogP contribution in [0.25, 0.3) is 0 Å². The number of anilines is 2. The Morgan fingerprint density at radius 2 is 1.83 bits per heavy atom. The average molecular weight is 318 g/mol. The van der Waals surface area contributed by atoms with Crippen LogP contribution in [0.15, 0.2) is 30.5 Å². The summed E-state index contributed by atoms with van der Waals surface area (Å²) in [5, 5.41) is 6.36. The fourth-order valence-corrected chi connectivity index (χ4v) is 1.99. The lowest BCUT2D eigenvalue weighted by molar-refractivity contribution is 0.210. The molecule has 2 aromatic rings. The first kappa shape index (κ1) is 16.8. The summed E-state index contributed by atoms with van der Waals surface area (Å²) in [4.78, 5) is 8.55. The first-order chi connectivity index (χ1) is 11.3. The number of nitrogens with one attached hydrogen (secondary N) is 2. The monoisotopic (exact) mass is 318 g/mol. The number of hydrogen-bond acceptors (Lipinski definition) is 7. The van der Waals surface area contributed by atoms with Crippen LogP contribution < -0.4 is 20.1 Å². The lowest BCUT2D eigenvalue weighted by Gasteiger charge is -2.11. The van der Waals surface area contributed by atoms with Gasteiger partial charge in [-0.2, -0.15) is 4.98 Å². The van der Waals surface area contributed by atoms with Crippen LogP contribution in [0.5, 0.6) is 11.5 Å². The van der Waals surface area contributed by atoms with E-state index < -0.39 is 0 Å². The third-order valence-electron chi connectivity index (χ3n) is 3.17. The predicted molar refractivity (Wildman–Crippen MR) is 89.3 cm³/mol. The number of hydrogen-bond donors (Lipinski definition) is 2. The minimum atomic E-state index is 0.569. The number of benzene rings is 1. The Hall–Kier alpha value is -2.54. The molecule has 0 unspecified atom stereocenters. The highest BCUT2D eigenvalue weighted by atomic mass is 16.5. The molecule has 0 bridgehead atoms. The highest BCUT2D eigenvalue weighted by Gasteiger charge is 2.05. The second-order valence-corrected chi connectivity index (χ2v) is 4.73. The smallest absolute Gasteiger partial charge is 0.224 e. The molecule has 0 saturated carbocycles. The van der Waals surface area contributed by atoms with Gasteiger partial charge in [0.2, 0.25) is 5.95 Å². The Bertz CT molecular complexity index is 622. The molecule has 0 amide bonds. The number of nitrogens with zero attached hydrogens (tertiary/aromatic N) is 2. The van der Waals surface area contributed by atoms with Crippen LogP contribution in [0, 0.1) is 0 Å². The summed E-state index contributed by atoms with van der Waals surface area (Å²) in [5.74, 6) is 2.73. The van der Waals surface area contributed by atoms with Crippen molar-refractivity contribution in [2.75, 3.05) is 45.1 Å². The Morgan fingerprint density at radius 3 is 2.57 bits per heavy atom. The van der Waals surface area contributed by atoms with E-state index in [0.29, 0.717) is 37.1 Å². The largest absolute Gasteiger partial charge is 0.493 e. The molecule has 1 aromatic heterocycles. The van der Waals surface area contributed by atoms with Gasteiger partial charge in [-0.1, -0.05) is 6.07 Å². The van der Waals surface area contributed by atoms with Crippen LogP contribution in [-0.2, 0) is 11.3 Å². The van der Waals surface area contributed by atoms with Gasteiger partial charge in [-0.05, 0) is 23.8 Å². The number of aromatic nitrogens is 2. The second-order valence-electron chi connectivity index (χ2n) is 4.73. The van der Waals surface area contributed by atoms with E-state index in [1.807, 2.05) is 24.3 Å². The first-order valence-electron chi connectivity index (χ1n) is 7.27. The van der Waals surface area contributed by atoms with Gasteiger partial charge < -0.3 is 24.8 Å². The van der Waals surface area contributed by atoms with Crippen molar-refractivity contribution in [3.63, 3.8) is 0 Å². The standard InChI is InChI=1S/C16H22N4O3/c1-21-9-8-18-16-17-7-6-15(20-16)19-11-12-4-5-13(22-2)14(10-12)23-3/h4-7,10H,8-9,11H2,1-3H3,(H2,17,18,19,20). The summed E-state index contributed by atoms with van der Waals surface area (Å²) in [6.07, 6.45) is 1.71. The zero-order valence-corrected chi connectivity index (χ0v) is 13.6. The maximum absolute atomic E-state index is 5.30. The fraction of sp³-hybridized carbons (Fsp3) is 0.375. The van der Waals surface area contributed by atoms with Crippen LogP contribution >= 0.6 is 0 Å². The molecule has 2 N–H and O–H groups in total. The zero-order chi connectivity index (χ0) is 16.5. The summed E-state index contributed by atoms with van der Waals surface area (Å²) >= 11 is 0. The molecular formula is C16H22N4O3. The van der Waals surface area contributed by atoms with Crippen molar-refractivity contribution >= 4 is 11.8 Å². The van der Waals surface area contributed by atoms with Crippen molar-refractivity contribution in [1.29, 1.82) is 0 Å². The summed E-state index contributed by atoms with van der Waals surface area (Å²) in [5.41, 5.74) is 1.06. The first-order valence-corrected chi connectivity index (χ1v) is 7.27. The van der Waals surface area contributed by atoms with Gasteiger partial charge >= 0.3 is 0 Å². The molecule has 0 aliphatic carbocycles. The van der Waals surface area contributed by atoms with Crippen molar-refractivity contribution in [3.8, 4) is 11.5 Å². The van der Waals surface area contributed by atoms with Crippen LogP contribution in [-0.4, -0.2) is 44.4 Å². The third kappa shape index (κ3) is 5.00. The van der Waals surface area contributed by atoms with Gasteiger partial charge in [0.15, 0.2) is 11.5 Å². The highest BCUT2D eigenvalue weighted by molar-refractivity contribution is 5.45. The van der Waals surface area contributed by atoms with E-state index >= 15 is 0 Å². The van der Waals surface area contributed by atoms with Crippen LogP contribution in [0.3, 0.4) is 0 Å². The van der Waals surface area contributed by atoms with Gasteiger partial charge in [0.1, 0.15) is 5.82 Å². The summed E-state index contributed by atoms with van der Waals surface area (Å²) in [6.45, 7) is 1.89. The van der Waals surface area contributed by atoms with Crippen molar-refractivity contribution in [2.45, 2.75) is 6.54 Å². The minimum Gasteiger partial charge on any atom is -0.493 e. The molecule has 0 aliphatic rings. The van der Waals surface area contributed by atoms with E-state index in [0.717, 1.165) is 11.4 Å². The van der Waals surface area contributed by atoms with Crippen LogP contribution in [0.2, 0.25) is 0 Å². The topological polar surface area (TPSA) is 77.5 Å². The molecule has 1 aromatic carbocycles. The van der Waals surface area contributed by atoms with Crippen molar-refractivity contribution in [1.82, 2.24) is 9.97 Å². The highest BCUT2D eigenvalue weighted by Crippen LogP contribution is 2.27. The molecule has 0 fully saturated rings. The SMILES string of the molecule is COCCNc1nccc(NCc2ccc(OC)c(OC)c2)n1. The van der Waals surface area contributed by atoms with Crippen molar-refractivity contribution in [3.05, 3.63) is 36.0 Å². The van der Waals surface area contributed by atoms with E-state index in [1.54, 1.807) is 27.5 Å². The van der Waals surface area contributed by atoms with E-state index in [4.69, 9.17) is 14.2 Å². The van der Waals surface area contributed by atoms with Gasteiger partial charge in [-0.3, -0.25) is 0 Å². The summed E-state index contributed by atoms with van der Waals surface area (Å²) in [6, 6.07) is 7.62. The molecule has 0 aliphatic heterocycles. The number of rotatable bonds is 9. The molecule has 0 radical (unpaired) electrons. The molecule has 2 rings (SSSR count). The van der Waals surface area contributed by atoms with Crippen molar-refractivity contribution < 1.29 is 14.2 Å². The Labute approximate surface area is 136 Å². The Balaban J connectivity index is 1.96. The molecule has 7 heteroatoms. The van der Waals surface area contributed by atoms with Crippen LogP contribution in [0.1, 0.15) is 5.56 Å². The molecule has 0 atom stereocenters. The Morgan fingerprint density at radius 1 is 1.00 bits per heavy atom. The average Bonchev–Trinajstić information content (AvgIpc) is 2.60. The maximum Gasteiger partial charge on any atom is 0.224 e. The predicted octanol–water partition coefficient (Wildman–Crippen LogP) is 2.16. The van der Waals surface area contributed by atoms with Gasteiger partial charge in [0.25, 0.3) is 0 Å². The second kappa shape index (κ2) is 8.79. The maximum atomic E-state index is 5.30. The number of ether oxygens (including phenoxy) is 3. The van der Waals surface area contributed by atoms with Gasteiger partial charge in [0, 0.05) is 26.4 Å². The molecule has 124 valence electrons. The lowest BCUT2D eigenvalue weighted by atomic mass is 10.2. The number of methoxy groups -OCH3 is 3. The zero-order valence-electron chi connectivity index (χ0n) is 13.6. The lowest BCUT2D eigenvalue weighted by Crippen LogP contribution is -2.11. The summed E-state index contributed by atoms with van der Waals surface area (Å²) in [7, 11) is 4.90. The quantitative estimate of drug-likeness (QED) is 0.686. The normalized spacial score (nSPS) is 10.2. The van der Waals surface area contributed by atoms with Crippen LogP contribution in [0.4, 0.5) is 11.8 Å². The molecule has 7 nitrogen and oxygen atoms in total. The van der Waals surface area contributed by atoms with Gasteiger partial charge in [-0.25, -0.2) is 4.98 Å². The van der Waals surface area contributed by atoms with Gasteiger partial charge in [0.05, 0.1) is 20.8 Å². The minimum absolute atomic E-state index is 0.569. The van der Waals surface area contributed by atoms with Crippen molar-refractivity contribution in [2.24, 2.45) is 0 Å². The molecular weight excluding hydrogens is 296 g/mol. The molecule has 0 saturated heterocycles.